The van der Waals surface area contributed by atoms with E-state index in [0.717, 1.165) is 30.4 Å². The van der Waals surface area contributed by atoms with Gasteiger partial charge in [-0.05, 0) is 75.1 Å². The zero-order valence-electron chi connectivity index (χ0n) is 18.4. The van der Waals surface area contributed by atoms with Crippen molar-refractivity contribution >= 4 is 39.2 Å². The SMILES string of the molecule is Cc1ccc(C(=O)OC(C)C(=O)Nc2cc(S(=O)(=O)N3CCCCC3)ccc2Cl)cc1C. The number of hydrogen-bond donors (Lipinski definition) is 1. The number of amides is 1. The molecule has 9 heteroatoms. The van der Waals surface area contributed by atoms with Crippen LogP contribution in [0.1, 0.15) is 47.7 Å². The number of anilines is 1. The largest absolute Gasteiger partial charge is 0.449 e. The lowest BCUT2D eigenvalue weighted by Gasteiger charge is -2.26. The summed E-state index contributed by atoms with van der Waals surface area (Å²) >= 11 is 6.18. The minimum Gasteiger partial charge on any atom is -0.449 e. The van der Waals surface area contributed by atoms with E-state index in [4.69, 9.17) is 16.3 Å². The molecule has 1 saturated heterocycles. The Hall–Kier alpha value is -2.42. The number of nitrogens with one attached hydrogen (secondary N) is 1. The van der Waals surface area contributed by atoms with Crippen molar-refractivity contribution < 1.29 is 22.7 Å². The highest BCUT2D eigenvalue weighted by Gasteiger charge is 2.27. The molecule has 1 amide bonds. The van der Waals surface area contributed by atoms with Crippen molar-refractivity contribution in [2.75, 3.05) is 18.4 Å². The van der Waals surface area contributed by atoms with Gasteiger partial charge >= 0.3 is 5.97 Å². The van der Waals surface area contributed by atoms with Crippen LogP contribution in [-0.2, 0) is 19.6 Å². The highest BCUT2D eigenvalue weighted by atomic mass is 35.5. The molecule has 1 fully saturated rings. The van der Waals surface area contributed by atoms with Gasteiger partial charge in [0, 0.05) is 13.1 Å². The first-order valence-electron chi connectivity index (χ1n) is 10.5. The Morgan fingerprint density at radius 2 is 1.72 bits per heavy atom. The van der Waals surface area contributed by atoms with Crippen molar-refractivity contribution in [2.24, 2.45) is 0 Å². The van der Waals surface area contributed by atoms with Crippen molar-refractivity contribution in [3.63, 3.8) is 0 Å². The lowest BCUT2D eigenvalue weighted by molar-refractivity contribution is -0.123. The third-order valence-corrected chi connectivity index (χ3v) is 7.77. The zero-order chi connectivity index (χ0) is 23.5. The minimum absolute atomic E-state index is 0.0545. The number of piperidine rings is 1. The Kier molecular flexibility index (Phi) is 7.59. The van der Waals surface area contributed by atoms with Gasteiger partial charge in [-0.1, -0.05) is 24.1 Å². The molecule has 7 nitrogen and oxygen atoms in total. The summed E-state index contributed by atoms with van der Waals surface area (Å²) in [6, 6.07) is 9.34. The highest BCUT2D eigenvalue weighted by molar-refractivity contribution is 7.89. The molecule has 0 saturated carbocycles. The standard InChI is InChI=1S/C23H27ClN2O5S/c1-15-7-8-18(13-16(15)2)23(28)31-17(3)22(27)25-21-14-19(9-10-20(21)24)32(29,30)26-11-5-4-6-12-26/h7-10,13-14,17H,4-6,11-12H2,1-3H3,(H,25,27). The van der Waals surface area contributed by atoms with Crippen LogP contribution in [0.5, 0.6) is 0 Å². The first kappa shape index (κ1) is 24.2. The van der Waals surface area contributed by atoms with Crippen LogP contribution in [0.2, 0.25) is 5.02 Å². The molecule has 0 radical (unpaired) electrons. The lowest BCUT2D eigenvalue weighted by Crippen LogP contribution is -2.35. The number of halogens is 1. The summed E-state index contributed by atoms with van der Waals surface area (Å²) in [6.45, 7) is 6.20. The molecular formula is C23H27ClN2O5S. The third kappa shape index (κ3) is 5.49. The Balaban J connectivity index is 1.71. The minimum atomic E-state index is -3.68. The topological polar surface area (TPSA) is 92.8 Å². The molecule has 2 aromatic carbocycles. The van der Waals surface area contributed by atoms with Gasteiger partial charge in [0.15, 0.2) is 6.10 Å². The van der Waals surface area contributed by atoms with E-state index in [9.17, 15) is 18.0 Å². The molecule has 1 heterocycles. The fourth-order valence-electron chi connectivity index (χ4n) is 3.40. The van der Waals surface area contributed by atoms with Crippen molar-refractivity contribution in [3.05, 3.63) is 58.1 Å². The van der Waals surface area contributed by atoms with Gasteiger partial charge in [-0.25, -0.2) is 13.2 Å². The summed E-state index contributed by atoms with van der Waals surface area (Å²) in [5, 5.41) is 2.76. The number of hydrogen-bond acceptors (Lipinski definition) is 5. The smallest absolute Gasteiger partial charge is 0.338 e. The molecule has 32 heavy (non-hydrogen) atoms. The number of ether oxygens (including phenoxy) is 1. The predicted molar refractivity (Wildman–Crippen MR) is 123 cm³/mol. The maximum Gasteiger partial charge on any atom is 0.338 e. The lowest BCUT2D eigenvalue weighted by atomic mass is 10.1. The average Bonchev–Trinajstić information content (AvgIpc) is 2.77. The normalized spacial score (nSPS) is 15.8. The molecule has 172 valence electrons. The second-order valence-electron chi connectivity index (χ2n) is 7.94. The Labute approximate surface area is 193 Å². The molecule has 1 aliphatic heterocycles. The summed E-state index contributed by atoms with van der Waals surface area (Å²) in [4.78, 5) is 25.1. The number of carbonyl (C=O) groups is 2. The third-order valence-electron chi connectivity index (χ3n) is 5.54. The molecule has 0 aromatic heterocycles. The Bertz CT molecular complexity index is 1130. The van der Waals surface area contributed by atoms with Crippen LogP contribution in [0, 0.1) is 13.8 Å². The maximum absolute atomic E-state index is 12.9. The summed E-state index contributed by atoms with van der Waals surface area (Å²) in [7, 11) is -3.68. The van der Waals surface area contributed by atoms with E-state index < -0.39 is 28.0 Å². The molecule has 1 atom stereocenters. The molecule has 3 rings (SSSR count). The number of sulfonamides is 1. The number of carbonyl (C=O) groups excluding carboxylic acids is 2. The highest BCUT2D eigenvalue weighted by Crippen LogP contribution is 2.28. The van der Waals surface area contributed by atoms with Crippen LogP contribution < -0.4 is 5.32 Å². The van der Waals surface area contributed by atoms with Crippen molar-refractivity contribution in [1.82, 2.24) is 4.31 Å². The summed E-state index contributed by atoms with van der Waals surface area (Å²) in [5.41, 5.74) is 2.47. The van der Waals surface area contributed by atoms with Crippen molar-refractivity contribution in [2.45, 2.75) is 51.0 Å². The molecule has 0 spiro atoms. The van der Waals surface area contributed by atoms with Gasteiger partial charge in [-0.2, -0.15) is 4.31 Å². The van der Waals surface area contributed by atoms with Gasteiger partial charge in [-0.3, -0.25) is 4.79 Å². The van der Waals surface area contributed by atoms with Crippen LogP contribution in [0.4, 0.5) is 5.69 Å². The van der Waals surface area contributed by atoms with E-state index in [0.29, 0.717) is 18.7 Å². The molecule has 0 aliphatic carbocycles. The van der Waals surface area contributed by atoms with E-state index >= 15 is 0 Å². The van der Waals surface area contributed by atoms with Crippen LogP contribution in [0.15, 0.2) is 41.3 Å². The summed E-state index contributed by atoms with van der Waals surface area (Å²) in [5.74, 6) is -1.24. The monoisotopic (exact) mass is 478 g/mol. The second-order valence-corrected chi connectivity index (χ2v) is 10.3. The fraction of sp³-hybridized carbons (Fsp3) is 0.391. The zero-order valence-corrected chi connectivity index (χ0v) is 19.9. The van der Waals surface area contributed by atoms with Gasteiger partial charge in [0.2, 0.25) is 10.0 Å². The van der Waals surface area contributed by atoms with Crippen LogP contribution in [-0.4, -0.2) is 43.8 Å². The molecule has 1 unspecified atom stereocenters. The van der Waals surface area contributed by atoms with Crippen molar-refractivity contribution in [1.29, 1.82) is 0 Å². The van der Waals surface area contributed by atoms with E-state index in [2.05, 4.69) is 5.32 Å². The van der Waals surface area contributed by atoms with Crippen LogP contribution in [0.3, 0.4) is 0 Å². The van der Waals surface area contributed by atoms with Gasteiger partial charge in [0.05, 0.1) is 21.2 Å². The fourth-order valence-corrected chi connectivity index (χ4v) is 5.11. The number of esters is 1. The second kappa shape index (κ2) is 10.0. The molecule has 2 aromatic rings. The number of aryl methyl sites for hydroxylation is 2. The maximum atomic E-state index is 12.9. The number of benzene rings is 2. The van der Waals surface area contributed by atoms with Crippen LogP contribution in [0.25, 0.3) is 0 Å². The van der Waals surface area contributed by atoms with Gasteiger partial charge in [-0.15, -0.1) is 0 Å². The van der Waals surface area contributed by atoms with E-state index in [1.54, 1.807) is 12.1 Å². The van der Waals surface area contributed by atoms with Gasteiger partial charge in [0.1, 0.15) is 0 Å². The summed E-state index contributed by atoms with van der Waals surface area (Å²) < 4.78 is 32.6. The first-order chi connectivity index (χ1) is 15.1. The Morgan fingerprint density at radius 1 is 1.03 bits per heavy atom. The van der Waals surface area contributed by atoms with Crippen LogP contribution >= 0.6 is 11.6 Å². The van der Waals surface area contributed by atoms with Gasteiger partial charge in [0.25, 0.3) is 5.91 Å². The number of rotatable bonds is 6. The predicted octanol–water partition coefficient (Wildman–Crippen LogP) is 4.32. The van der Waals surface area contributed by atoms with E-state index in [1.807, 2.05) is 19.9 Å². The molecule has 1 N–H and O–H groups in total. The summed E-state index contributed by atoms with van der Waals surface area (Å²) in [6.07, 6.45) is 1.54. The molecular weight excluding hydrogens is 452 g/mol. The quantitative estimate of drug-likeness (QED) is 0.624. The van der Waals surface area contributed by atoms with E-state index in [-0.39, 0.29) is 15.6 Å². The Morgan fingerprint density at radius 3 is 2.38 bits per heavy atom. The van der Waals surface area contributed by atoms with Crippen molar-refractivity contribution in [3.8, 4) is 0 Å². The van der Waals surface area contributed by atoms with Gasteiger partial charge < -0.3 is 10.1 Å². The first-order valence-corrected chi connectivity index (χ1v) is 12.3. The number of nitrogens with zero attached hydrogens (tertiary/aromatic N) is 1. The molecule has 0 bridgehead atoms. The average molecular weight is 479 g/mol. The molecule has 1 aliphatic rings. The van der Waals surface area contributed by atoms with E-state index in [1.165, 1.54) is 29.4 Å².